The summed E-state index contributed by atoms with van der Waals surface area (Å²) in [5, 5.41) is 28.1. The van der Waals surface area contributed by atoms with Crippen LogP contribution in [-0.2, 0) is 4.74 Å². The molecule has 0 aromatic carbocycles. The molecule has 1 aliphatic rings. The third kappa shape index (κ3) is 7.10. The molecular weight excluding hydrogens is 450 g/mol. The molecule has 4 atom stereocenters. The molecule has 19 heteroatoms. The summed E-state index contributed by atoms with van der Waals surface area (Å²) in [6.45, 7) is -0.473. The van der Waals surface area contributed by atoms with Crippen molar-refractivity contribution in [1.29, 1.82) is 0 Å². The first-order valence-electron chi connectivity index (χ1n) is 8.76. The lowest BCUT2D eigenvalue weighted by atomic mass is 10.1. The number of anilines is 2. The molecule has 0 radical (unpaired) electrons. The molecule has 10 N–H and O–H groups in total. The van der Waals surface area contributed by atoms with Crippen molar-refractivity contribution in [3.8, 4) is 0 Å². The quantitative estimate of drug-likeness (QED) is 0.173. The minimum absolute atomic E-state index is 0.0880. The van der Waals surface area contributed by atoms with E-state index in [4.69, 9.17) is 21.3 Å². The van der Waals surface area contributed by atoms with E-state index in [0.717, 1.165) is 23.5 Å². The van der Waals surface area contributed by atoms with E-state index < -0.39 is 53.9 Å². The number of hydrogen-bond acceptors (Lipinski definition) is 15. The van der Waals surface area contributed by atoms with Gasteiger partial charge in [0.2, 0.25) is 11.9 Å². The van der Waals surface area contributed by atoms with Crippen molar-refractivity contribution in [2.45, 2.75) is 24.5 Å². The molecule has 33 heavy (non-hydrogen) atoms. The van der Waals surface area contributed by atoms with Gasteiger partial charge in [0, 0.05) is 0 Å². The summed E-state index contributed by atoms with van der Waals surface area (Å²) < 4.78 is 6.04. The smallest absolute Gasteiger partial charge is 0.354 e. The number of hydrogen-bond donors (Lipinski definition) is 8. The van der Waals surface area contributed by atoms with E-state index in [0.29, 0.717) is 0 Å². The van der Waals surface area contributed by atoms with Crippen molar-refractivity contribution in [1.82, 2.24) is 44.4 Å². The number of nitrogens with two attached hydrogens (primary N) is 2. The SMILES string of the molecule is Nc1ncn([C@@H]2O[C@H](CO)[C@@H](O)[C@H]2O)c(=O)n1.Nc1ncnc(=O)[nH]1.O=c1nc[nH]c(=O)[nH]1. The first-order valence-corrected chi connectivity index (χ1v) is 8.76. The van der Waals surface area contributed by atoms with Gasteiger partial charge in [-0.15, -0.1) is 0 Å². The Labute approximate surface area is 180 Å². The van der Waals surface area contributed by atoms with Gasteiger partial charge in [-0.25, -0.2) is 29.1 Å². The van der Waals surface area contributed by atoms with Crippen LogP contribution in [0.3, 0.4) is 0 Å². The molecule has 4 heterocycles. The van der Waals surface area contributed by atoms with Crippen LogP contribution in [0.25, 0.3) is 0 Å². The molecule has 3 aromatic heterocycles. The molecule has 19 nitrogen and oxygen atoms in total. The van der Waals surface area contributed by atoms with Crippen molar-refractivity contribution >= 4 is 11.9 Å². The van der Waals surface area contributed by atoms with Gasteiger partial charge in [-0.05, 0) is 0 Å². The first kappa shape index (κ1) is 24.9. The molecule has 0 amide bonds. The van der Waals surface area contributed by atoms with E-state index in [1.165, 1.54) is 0 Å². The second-order valence-corrected chi connectivity index (χ2v) is 5.98. The van der Waals surface area contributed by atoms with Crippen LogP contribution in [0.5, 0.6) is 0 Å². The third-order valence-corrected chi connectivity index (χ3v) is 3.74. The number of aliphatic hydroxyl groups is 3. The third-order valence-electron chi connectivity index (χ3n) is 3.74. The van der Waals surface area contributed by atoms with Gasteiger partial charge in [-0.1, -0.05) is 0 Å². The minimum atomic E-state index is -1.35. The van der Waals surface area contributed by atoms with Crippen molar-refractivity contribution in [2.24, 2.45) is 0 Å². The zero-order chi connectivity index (χ0) is 24.5. The van der Waals surface area contributed by atoms with Crippen molar-refractivity contribution in [3.05, 3.63) is 60.9 Å². The molecule has 178 valence electrons. The zero-order valence-corrected chi connectivity index (χ0v) is 16.5. The number of aromatic amines is 3. The van der Waals surface area contributed by atoms with Crippen molar-refractivity contribution in [3.63, 3.8) is 0 Å². The van der Waals surface area contributed by atoms with E-state index in [9.17, 15) is 29.4 Å². The van der Waals surface area contributed by atoms with Crippen LogP contribution in [0.2, 0.25) is 0 Å². The highest BCUT2D eigenvalue weighted by atomic mass is 16.6. The number of aliphatic hydroxyl groups excluding tert-OH is 3. The molecule has 3 aromatic rings. The van der Waals surface area contributed by atoms with E-state index in [2.05, 4.69) is 34.9 Å². The summed E-state index contributed by atoms with van der Waals surface area (Å²) in [6.07, 6.45) is -1.53. The van der Waals surface area contributed by atoms with Crippen LogP contribution >= 0.6 is 0 Å². The molecule has 1 saturated heterocycles. The largest absolute Gasteiger partial charge is 0.394 e. The molecule has 1 fully saturated rings. The number of ether oxygens (including phenoxy) is 1. The molecule has 1 aliphatic heterocycles. The topological polar surface area (TPSA) is 307 Å². The van der Waals surface area contributed by atoms with Crippen LogP contribution in [0.1, 0.15) is 6.23 Å². The predicted molar refractivity (Wildman–Crippen MR) is 106 cm³/mol. The Kier molecular flexibility index (Phi) is 8.56. The van der Waals surface area contributed by atoms with Gasteiger partial charge in [0.25, 0.3) is 0 Å². The molecule has 0 spiro atoms. The molecule has 0 unspecified atom stereocenters. The van der Waals surface area contributed by atoms with Gasteiger partial charge >= 0.3 is 22.8 Å². The summed E-state index contributed by atoms with van der Waals surface area (Å²) in [5.74, 6) is -0.108. The summed E-state index contributed by atoms with van der Waals surface area (Å²) in [6, 6.07) is 0. The Morgan fingerprint density at radius 3 is 2.15 bits per heavy atom. The lowest BCUT2D eigenvalue weighted by Crippen LogP contribution is -2.36. The van der Waals surface area contributed by atoms with E-state index in [1.807, 2.05) is 4.98 Å². The number of nitrogen functional groups attached to an aromatic ring is 2. The number of nitrogens with zero attached hydrogens (tertiary/aromatic N) is 6. The Hall–Kier alpha value is -4.33. The Bertz CT molecular complexity index is 1250. The summed E-state index contributed by atoms with van der Waals surface area (Å²) >= 11 is 0. The fourth-order valence-electron chi connectivity index (χ4n) is 2.27. The molecule has 4 rings (SSSR count). The van der Waals surface area contributed by atoms with Gasteiger partial charge < -0.3 is 31.5 Å². The molecule has 0 bridgehead atoms. The van der Waals surface area contributed by atoms with Gasteiger partial charge in [0.15, 0.2) is 6.23 Å². The average Bonchev–Trinajstić information content (AvgIpc) is 3.03. The maximum absolute atomic E-state index is 11.5. The second-order valence-electron chi connectivity index (χ2n) is 5.98. The van der Waals surface area contributed by atoms with Crippen LogP contribution in [0, 0.1) is 0 Å². The Morgan fingerprint density at radius 2 is 1.70 bits per heavy atom. The van der Waals surface area contributed by atoms with Crippen LogP contribution in [0.15, 0.2) is 38.2 Å². The average molecular weight is 469 g/mol. The zero-order valence-electron chi connectivity index (χ0n) is 16.5. The number of nitrogens with one attached hydrogen (secondary N) is 3. The predicted octanol–water partition coefficient (Wildman–Crippen LogP) is -5.96. The summed E-state index contributed by atoms with van der Waals surface area (Å²) in [5.41, 5.74) is 7.87. The Morgan fingerprint density at radius 1 is 1.00 bits per heavy atom. The lowest BCUT2D eigenvalue weighted by molar-refractivity contribution is -0.0554. The summed E-state index contributed by atoms with van der Waals surface area (Å²) in [4.78, 5) is 64.9. The molecular formula is C14H19N11O8. The Balaban J connectivity index is 0.000000200. The van der Waals surface area contributed by atoms with Crippen LogP contribution < -0.4 is 34.2 Å². The normalized spacial score (nSPS) is 21.3. The fraction of sp³-hybridized carbons (Fsp3) is 0.357. The van der Waals surface area contributed by atoms with Gasteiger partial charge in [-0.3, -0.25) is 19.5 Å². The first-order chi connectivity index (χ1) is 15.6. The summed E-state index contributed by atoms with van der Waals surface area (Å²) in [7, 11) is 0. The highest BCUT2D eigenvalue weighted by molar-refractivity contribution is 5.10. The highest BCUT2D eigenvalue weighted by Crippen LogP contribution is 2.27. The monoisotopic (exact) mass is 469 g/mol. The number of aromatic nitrogens is 9. The van der Waals surface area contributed by atoms with Crippen LogP contribution in [0.4, 0.5) is 11.9 Å². The lowest BCUT2D eigenvalue weighted by Gasteiger charge is -2.16. The number of rotatable bonds is 2. The van der Waals surface area contributed by atoms with Gasteiger partial charge in [0.05, 0.1) is 6.61 Å². The van der Waals surface area contributed by atoms with Gasteiger partial charge in [-0.2, -0.15) is 15.0 Å². The minimum Gasteiger partial charge on any atom is -0.394 e. The second kappa shape index (κ2) is 11.3. The van der Waals surface area contributed by atoms with Crippen LogP contribution in [-0.4, -0.2) is 84.7 Å². The maximum Gasteiger partial charge on any atom is 0.354 e. The molecule has 0 aliphatic carbocycles. The van der Waals surface area contributed by atoms with E-state index in [-0.39, 0.29) is 11.9 Å². The van der Waals surface area contributed by atoms with E-state index >= 15 is 0 Å². The highest BCUT2D eigenvalue weighted by Gasteiger charge is 2.43. The van der Waals surface area contributed by atoms with Crippen molar-refractivity contribution in [2.75, 3.05) is 18.1 Å². The van der Waals surface area contributed by atoms with E-state index in [1.54, 1.807) is 0 Å². The van der Waals surface area contributed by atoms with Crippen molar-refractivity contribution < 1.29 is 20.1 Å². The fourth-order valence-corrected chi connectivity index (χ4v) is 2.27. The van der Waals surface area contributed by atoms with Gasteiger partial charge in [0.1, 0.15) is 37.3 Å². The maximum atomic E-state index is 11.5. The standard InChI is InChI=1S/C8H12N4O5.C3H4N4O.C3H3N3O2/c9-7-10-2-12(8(16)11-7)6-5(15)4(14)3(1-13)17-6;4-2-5-1-6-3(8)7-2;7-2-4-1-5-3(8)6-2/h2-6,13-15H,1H2,(H2,9,11,16);1H,(H3,4,5,6,7,8);1H,(H2,4,5,6,7,8)/t3-,4-,5-,6-;;/m1../s1. The molecule has 0 saturated carbocycles. The number of H-pyrrole nitrogens is 3.